The van der Waals surface area contributed by atoms with E-state index in [0.29, 0.717) is 0 Å². The monoisotopic (exact) mass is 367 g/mol. The van der Waals surface area contributed by atoms with Crippen LogP contribution in [0.3, 0.4) is 0 Å². The van der Waals surface area contributed by atoms with Gasteiger partial charge in [-0.25, -0.2) is 0 Å². The SMILES string of the molecule is C[Si](C)(C)ON(c1ccccc1)C(Cc1ccccc1)c1cccs1. The van der Waals surface area contributed by atoms with Crippen molar-refractivity contribution in [2.24, 2.45) is 0 Å². The number of hydrogen-bond donors (Lipinski definition) is 0. The second kappa shape index (κ2) is 8.00. The van der Waals surface area contributed by atoms with E-state index in [-0.39, 0.29) is 6.04 Å². The van der Waals surface area contributed by atoms with Crippen LogP contribution in [-0.2, 0) is 10.9 Å². The minimum absolute atomic E-state index is 0.163. The van der Waals surface area contributed by atoms with Gasteiger partial charge < -0.3 is 4.53 Å². The lowest BCUT2D eigenvalue weighted by atomic mass is 10.0. The number of hydrogen-bond acceptors (Lipinski definition) is 3. The molecule has 0 fully saturated rings. The molecule has 0 radical (unpaired) electrons. The van der Waals surface area contributed by atoms with E-state index < -0.39 is 8.32 Å². The Labute approximate surface area is 155 Å². The number of nitrogens with zero attached hydrogens (tertiary/aromatic N) is 1. The Morgan fingerprint density at radius 2 is 1.52 bits per heavy atom. The summed E-state index contributed by atoms with van der Waals surface area (Å²) in [5.74, 6) is 0. The second-order valence-electron chi connectivity index (χ2n) is 7.09. The van der Waals surface area contributed by atoms with Crippen LogP contribution in [0, 0.1) is 0 Å². The fourth-order valence-electron chi connectivity index (χ4n) is 2.78. The van der Waals surface area contributed by atoms with E-state index in [1.54, 1.807) is 11.3 Å². The Morgan fingerprint density at radius 1 is 0.880 bits per heavy atom. The van der Waals surface area contributed by atoms with Crippen molar-refractivity contribution in [2.45, 2.75) is 32.1 Å². The molecule has 25 heavy (non-hydrogen) atoms. The first-order valence-corrected chi connectivity index (χ1v) is 12.9. The number of para-hydroxylation sites is 1. The van der Waals surface area contributed by atoms with Crippen LogP contribution in [0.15, 0.2) is 78.2 Å². The molecule has 2 aromatic carbocycles. The Hall–Kier alpha value is -1.88. The molecule has 1 aromatic heterocycles. The van der Waals surface area contributed by atoms with Gasteiger partial charge in [-0.15, -0.1) is 11.3 Å². The van der Waals surface area contributed by atoms with E-state index in [0.717, 1.165) is 12.1 Å². The normalized spacial score (nSPS) is 12.8. The molecule has 0 aliphatic carbocycles. The van der Waals surface area contributed by atoms with Gasteiger partial charge in [-0.2, -0.15) is 0 Å². The number of thiophene rings is 1. The summed E-state index contributed by atoms with van der Waals surface area (Å²) in [6, 6.07) is 25.6. The molecule has 0 N–H and O–H groups in total. The van der Waals surface area contributed by atoms with Crippen molar-refractivity contribution in [2.75, 3.05) is 5.06 Å². The Bertz CT molecular complexity index is 754. The number of hydroxylamine groups is 1. The van der Waals surface area contributed by atoms with Gasteiger partial charge in [0.15, 0.2) is 0 Å². The number of rotatable bonds is 7. The van der Waals surface area contributed by atoms with Crippen molar-refractivity contribution in [1.82, 2.24) is 0 Å². The predicted octanol–water partition coefficient (Wildman–Crippen LogP) is 6.31. The summed E-state index contributed by atoms with van der Waals surface area (Å²) in [6.45, 7) is 6.70. The summed E-state index contributed by atoms with van der Waals surface area (Å²) in [4.78, 5) is 1.32. The Balaban J connectivity index is 2.00. The highest BCUT2D eigenvalue weighted by atomic mass is 32.1. The van der Waals surface area contributed by atoms with Crippen molar-refractivity contribution in [3.63, 3.8) is 0 Å². The van der Waals surface area contributed by atoms with Crippen LogP contribution < -0.4 is 5.06 Å². The van der Waals surface area contributed by atoms with Gasteiger partial charge in [-0.1, -0.05) is 54.6 Å². The topological polar surface area (TPSA) is 12.5 Å². The molecule has 0 aliphatic rings. The molecule has 0 bridgehead atoms. The largest absolute Gasteiger partial charge is 0.320 e. The summed E-state index contributed by atoms with van der Waals surface area (Å²) in [7, 11) is -1.76. The lowest BCUT2D eigenvalue weighted by Crippen LogP contribution is -2.40. The van der Waals surface area contributed by atoms with Gasteiger partial charge in [0.2, 0.25) is 8.32 Å². The van der Waals surface area contributed by atoms with E-state index in [4.69, 9.17) is 4.53 Å². The summed E-state index contributed by atoms with van der Waals surface area (Å²) in [5, 5.41) is 4.29. The van der Waals surface area contributed by atoms with Gasteiger partial charge >= 0.3 is 0 Å². The molecule has 130 valence electrons. The zero-order valence-corrected chi connectivity index (χ0v) is 16.9. The minimum atomic E-state index is -1.76. The third-order valence-electron chi connectivity index (χ3n) is 3.81. The molecular formula is C21H25NOSSi. The first-order chi connectivity index (χ1) is 12.0. The molecule has 1 unspecified atom stereocenters. The molecule has 2 nitrogen and oxygen atoms in total. The zero-order chi connectivity index (χ0) is 17.7. The zero-order valence-electron chi connectivity index (χ0n) is 15.1. The van der Waals surface area contributed by atoms with Crippen molar-refractivity contribution in [3.8, 4) is 0 Å². The van der Waals surface area contributed by atoms with Gasteiger partial charge in [0, 0.05) is 11.3 Å². The summed E-state index contributed by atoms with van der Waals surface area (Å²) in [6.07, 6.45) is 0.917. The van der Waals surface area contributed by atoms with Gasteiger partial charge in [-0.3, -0.25) is 5.06 Å². The highest BCUT2D eigenvalue weighted by Crippen LogP contribution is 2.34. The van der Waals surface area contributed by atoms with Crippen LogP contribution in [0.1, 0.15) is 16.5 Å². The first-order valence-electron chi connectivity index (χ1n) is 8.64. The predicted molar refractivity (Wildman–Crippen MR) is 111 cm³/mol. The first kappa shape index (κ1) is 17.9. The van der Waals surface area contributed by atoms with Crippen molar-refractivity contribution >= 4 is 25.3 Å². The molecule has 3 rings (SSSR count). The molecule has 4 heteroatoms. The molecule has 0 spiro atoms. The van der Waals surface area contributed by atoms with Gasteiger partial charge in [0.05, 0.1) is 11.7 Å². The van der Waals surface area contributed by atoms with Crippen LogP contribution in [0.4, 0.5) is 5.69 Å². The molecule has 0 saturated heterocycles. The second-order valence-corrected chi connectivity index (χ2v) is 12.5. The van der Waals surface area contributed by atoms with Crippen molar-refractivity contribution in [1.29, 1.82) is 0 Å². The highest BCUT2D eigenvalue weighted by Gasteiger charge is 2.28. The van der Waals surface area contributed by atoms with Gasteiger partial charge in [0.1, 0.15) is 0 Å². The minimum Gasteiger partial charge on any atom is -0.320 e. The average Bonchev–Trinajstić information content (AvgIpc) is 3.13. The van der Waals surface area contributed by atoms with E-state index in [9.17, 15) is 0 Å². The molecule has 0 aliphatic heterocycles. The lowest BCUT2D eigenvalue weighted by molar-refractivity contribution is 0.234. The van der Waals surface area contributed by atoms with Crippen molar-refractivity contribution in [3.05, 3.63) is 88.6 Å². The van der Waals surface area contributed by atoms with E-state index in [1.165, 1.54) is 10.4 Å². The summed E-state index contributed by atoms with van der Waals surface area (Å²) < 4.78 is 6.56. The standard InChI is InChI=1S/C21H25NOSSi/c1-25(2,3)23-22(19-13-8-5-9-14-19)20(21-15-10-16-24-21)17-18-11-6-4-7-12-18/h4-16,20H,17H2,1-3H3. The van der Waals surface area contributed by atoms with E-state index in [1.807, 2.05) is 6.07 Å². The van der Waals surface area contributed by atoms with Crippen LogP contribution in [0.25, 0.3) is 0 Å². The van der Waals surface area contributed by atoms with E-state index in [2.05, 4.69) is 96.8 Å². The number of anilines is 1. The van der Waals surface area contributed by atoms with Crippen LogP contribution in [0.5, 0.6) is 0 Å². The van der Waals surface area contributed by atoms with E-state index >= 15 is 0 Å². The summed E-state index contributed by atoms with van der Waals surface area (Å²) >= 11 is 1.79. The quantitative estimate of drug-likeness (QED) is 0.358. The maximum absolute atomic E-state index is 6.56. The smallest absolute Gasteiger partial charge is 0.220 e. The fraction of sp³-hybridized carbons (Fsp3) is 0.238. The Kier molecular flexibility index (Phi) is 5.73. The number of benzene rings is 2. The van der Waals surface area contributed by atoms with Gasteiger partial charge in [-0.05, 0) is 48.8 Å². The lowest BCUT2D eigenvalue weighted by Gasteiger charge is -2.37. The fourth-order valence-corrected chi connectivity index (χ4v) is 4.41. The van der Waals surface area contributed by atoms with Crippen molar-refractivity contribution < 1.29 is 4.53 Å². The van der Waals surface area contributed by atoms with Gasteiger partial charge in [0.25, 0.3) is 0 Å². The van der Waals surface area contributed by atoms with Crippen LogP contribution in [-0.4, -0.2) is 8.32 Å². The van der Waals surface area contributed by atoms with Crippen LogP contribution in [0.2, 0.25) is 19.6 Å². The average molecular weight is 368 g/mol. The maximum atomic E-state index is 6.56. The third kappa shape index (κ3) is 5.05. The highest BCUT2D eigenvalue weighted by molar-refractivity contribution is 7.10. The molecular weight excluding hydrogens is 342 g/mol. The third-order valence-corrected chi connectivity index (χ3v) is 5.53. The summed E-state index contributed by atoms with van der Waals surface area (Å²) in [5.41, 5.74) is 2.43. The molecule has 0 saturated carbocycles. The molecule has 1 atom stereocenters. The molecule has 1 heterocycles. The van der Waals surface area contributed by atoms with Crippen LogP contribution >= 0.6 is 11.3 Å². The molecule has 3 aromatic rings. The Morgan fingerprint density at radius 3 is 2.08 bits per heavy atom. The maximum Gasteiger partial charge on any atom is 0.220 e. The molecule has 0 amide bonds.